The molecule has 3 aromatic rings. The zero-order chi connectivity index (χ0) is 16.6. The number of carbonyl (C=O) groups excluding carboxylic acids is 2. The molecular formula is C19H17NO3. The first kappa shape index (κ1) is 15.0. The summed E-state index contributed by atoms with van der Waals surface area (Å²) in [6.45, 7) is 5.33. The Morgan fingerprint density at radius 3 is 2.30 bits per heavy atom. The van der Waals surface area contributed by atoms with Crippen LogP contribution in [0.3, 0.4) is 0 Å². The second-order valence-corrected chi connectivity index (χ2v) is 5.60. The smallest absolute Gasteiger partial charge is 0.291 e. The van der Waals surface area contributed by atoms with E-state index < -0.39 is 0 Å². The number of para-hydroxylation sites is 1. The Balaban J connectivity index is 1.90. The molecule has 0 fully saturated rings. The van der Waals surface area contributed by atoms with Gasteiger partial charge in [-0.25, -0.2) is 0 Å². The lowest BCUT2D eigenvalue weighted by Crippen LogP contribution is -2.12. The number of nitrogens with one attached hydrogen (secondary N) is 1. The van der Waals surface area contributed by atoms with Gasteiger partial charge >= 0.3 is 0 Å². The van der Waals surface area contributed by atoms with Crippen molar-refractivity contribution in [3.8, 4) is 0 Å². The van der Waals surface area contributed by atoms with Crippen molar-refractivity contribution in [2.75, 3.05) is 5.32 Å². The molecule has 0 spiro atoms. The van der Waals surface area contributed by atoms with Gasteiger partial charge in [0, 0.05) is 22.2 Å². The van der Waals surface area contributed by atoms with Gasteiger partial charge in [0.15, 0.2) is 11.5 Å². The van der Waals surface area contributed by atoms with Gasteiger partial charge in [0.05, 0.1) is 0 Å². The summed E-state index contributed by atoms with van der Waals surface area (Å²) in [5, 5.41) is 3.75. The molecular weight excluding hydrogens is 290 g/mol. The fourth-order valence-corrected chi connectivity index (χ4v) is 2.58. The number of furan rings is 1. The van der Waals surface area contributed by atoms with Crippen molar-refractivity contribution in [1.82, 2.24) is 0 Å². The Labute approximate surface area is 134 Å². The van der Waals surface area contributed by atoms with Gasteiger partial charge < -0.3 is 9.73 Å². The number of fused-ring (bicyclic) bond motifs is 1. The molecule has 0 saturated carbocycles. The maximum Gasteiger partial charge on any atom is 0.291 e. The third-order valence-electron chi connectivity index (χ3n) is 3.92. The first-order valence-corrected chi connectivity index (χ1v) is 7.38. The van der Waals surface area contributed by atoms with E-state index in [1.165, 1.54) is 6.92 Å². The Morgan fingerprint density at radius 2 is 1.70 bits per heavy atom. The van der Waals surface area contributed by atoms with Crippen LogP contribution < -0.4 is 5.32 Å². The van der Waals surface area contributed by atoms with Gasteiger partial charge in [-0.3, -0.25) is 9.59 Å². The number of hydrogen-bond acceptors (Lipinski definition) is 3. The number of aryl methyl sites for hydroxylation is 2. The zero-order valence-corrected chi connectivity index (χ0v) is 13.3. The highest BCUT2D eigenvalue weighted by Gasteiger charge is 2.18. The van der Waals surface area contributed by atoms with Crippen molar-refractivity contribution in [1.29, 1.82) is 0 Å². The number of rotatable bonds is 3. The number of hydrogen-bond donors (Lipinski definition) is 1. The standard InChI is InChI=1S/C19H17NO3/c1-11-5-4-6-16-12(2)18(23-17(11)16)19(22)20-15-9-7-14(8-10-15)13(3)21/h4-10H,1-3H3,(H,20,22). The molecule has 2 aromatic carbocycles. The van der Waals surface area contributed by atoms with E-state index in [-0.39, 0.29) is 11.7 Å². The van der Waals surface area contributed by atoms with Crippen LogP contribution in [0.5, 0.6) is 0 Å². The molecule has 0 radical (unpaired) electrons. The Morgan fingerprint density at radius 1 is 1.00 bits per heavy atom. The lowest BCUT2D eigenvalue weighted by atomic mass is 10.1. The van der Waals surface area contributed by atoms with Crippen molar-refractivity contribution in [2.45, 2.75) is 20.8 Å². The highest BCUT2D eigenvalue weighted by molar-refractivity contribution is 6.07. The van der Waals surface area contributed by atoms with Crippen LogP contribution in [0.2, 0.25) is 0 Å². The first-order valence-electron chi connectivity index (χ1n) is 7.38. The van der Waals surface area contributed by atoms with E-state index in [9.17, 15) is 9.59 Å². The third-order valence-corrected chi connectivity index (χ3v) is 3.92. The Hall–Kier alpha value is -2.88. The van der Waals surface area contributed by atoms with Gasteiger partial charge in [-0.2, -0.15) is 0 Å². The van der Waals surface area contributed by atoms with Crippen LogP contribution in [0.1, 0.15) is 39.0 Å². The highest BCUT2D eigenvalue weighted by Crippen LogP contribution is 2.28. The van der Waals surface area contributed by atoms with Crippen LogP contribution in [0.25, 0.3) is 11.0 Å². The topological polar surface area (TPSA) is 59.3 Å². The summed E-state index contributed by atoms with van der Waals surface area (Å²) in [4.78, 5) is 23.7. The number of amides is 1. The van der Waals surface area contributed by atoms with Crippen LogP contribution in [-0.4, -0.2) is 11.7 Å². The summed E-state index contributed by atoms with van der Waals surface area (Å²) in [6.07, 6.45) is 0. The van der Waals surface area contributed by atoms with E-state index in [4.69, 9.17) is 4.42 Å². The fraction of sp³-hybridized carbons (Fsp3) is 0.158. The molecule has 0 saturated heterocycles. The fourth-order valence-electron chi connectivity index (χ4n) is 2.58. The summed E-state index contributed by atoms with van der Waals surface area (Å²) >= 11 is 0. The normalized spacial score (nSPS) is 10.7. The molecule has 1 heterocycles. The molecule has 0 aliphatic rings. The van der Waals surface area contributed by atoms with Crippen LogP contribution in [0.15, 0.2) is 46.9 Å². The molecule has 0 atom stereocenters. The van der Waals surface area contributed by atoms with E-state index in [0.29, 0.717) is 17.0 Å². The van der Waals surface area contributed by atoms with Gasteiger partial charge in [0.2, 0.25) is 0 Å². The molecule has 1 aromatic heterocycles. The lowest BCUT2D eigenvalue weighted by Gasteiger charge is -2.04. The molecule has 4 heteroatoms. The molecule has 0 aliphatic carbocycles. The van der Waals surface area contributed by atoms with Gasteiger partial charge in [-0.1, -0.05) is 18.2 Å². The van der Waals surface area contributed by atoms with Crippen molar-refractivity contribution >= 4 is 28.3 Å². The van der Waals surface area contributed by atoms with Gasteiger partial charge in [0.1, 0.15) is 5.58 Å². The second-order valence-electron chi connectivity index (χ2n) is 5.60. The average molecular weight is 307 g/mol. The number of anilines is 1. The molecule has 0 aliphatic heterocycles. The number of benzene rings is 2. The van der Waals surface area contributed by atoms with Gasteiger partial charge in [0.25, 0.3) is 5.91 Å². The molecule has 3 rings (SSSR count). The van der Waals surface area contributed by atoms with E-state index in [0.717, 1.165) is 22.1 Å². The predicted molar refractivity (Wildman–Crippen MR) is 90.1 cm³/mol. The second kappa shape index (κ2) is 5.72. The molecule has 23 heavy (non-hydrogen) atoms. The van der Waals surface area contributed by atoms with Crippen molar-refractivity contribution in [3.05, 3.63) is 64.9 Å². The quantitative estimate of drug-likeness (QED) is 0.724. The first-order chi connectivity index (χ1) is 11.0. The third kappa shape index (κ3) is 2.75. The minimum absolute atomic E-state index is 0.00789. The van der Waals surface area contributed by atoms with Crippen molar-refractivity contribution < 1.29 is 14.0 Å². The molecule has 4 nitrogen and oxygen atoms in total. The van der Waals surface area contributed by atoms with Crippen LogP contribution >= 0.6 is 0 Å². The number of carbonyl (C=O) groups is 2. The number of ketones is 1. The Kier molecular flexibility index (Phi) is 3.74. The van der Waals surface area contributed by atoms with Crippen LogP contribution in [0, 0.1) is 13.8 Å². The number of Topliss-reactive ketones (excluding diaryl/α,β-unsaturated/α-hetero) is 1. The summed E-state index contributed by atoms with van der Waals surface area (Å²) in [6, 6.07) is 12.6. The van der Waals surface area contributed by atoms with E-state index in [1.807, 2.05) is 32.0 Å². The van der Waals surface area contributed by atoms with Crippen LogP contribution in [0.4, 0.5) is 5.69 Å². The van der Waals surface area contributed by atoms with Crippen molar-refractivity contribution in [2.24, 2.45) is 0 Å². The molecule has 0 bridgehead atoms. The van der Waals surface area contributed by atoms with Gasteiger partial charge in [-0.15, -0.1) is 0 Å². The zero-order valence-electron chi connectivity index (χ0n) is 13.3. The van der Waals surface area contributed by atoms with Gasteiger partial charge in [-0.05, 0) is 50.6 Å². The van der Waals surface area contributed by atoms with Crippen molar-refractivity contribution in [3.63, 3.8) is 0 Å². The SMILES string of the molecule is CC(=O)c1ccc(NC(=O)c2oc3c(C)cccc3c2C)cc1. The lowest BCUT2D eigenvalue weighted by molar-refractivity contribution is 0.0995. The monoisotopic (exact) mass is 307 g/mol. The summed E-state index contributed by atoms with van der Waals surface area (Å²) < 4.78 is 5.76. The summed E-state index contributed by atoms with van der Waals surface area (Å²) in [5.74, 6) is 0.00472. The van der Waals surface area contributed by atoms with E-state index in [1.54, 1.807) is 24.3 Å². The maximum atomic E-state index is 12.5. The van der Waals surface area contributed by atoms with E-state index >= 15 is 0 Å². The van der Waals surface area contributed by atoms with E-state index in [2.05, 4.69) is 5.32 Å². The molecule has 1 amide bonds. The summed E-state index contributed by atoms with van der Waals surface area (Å²) in [7, 11) is 0. The Bertz CT molecular complexity index is 904. The highest BCUT2D eigenvalue weighted by atomic mass is 16.3. The average Bonchev–Trinajstić information content (AvgIpc) is 2.87. The maximum absolute atomic E-state index is 12.5. The minimum Gasteiger partial charge on any atom is -0.450 e. The molecule has 1 N–H and O–H groups in total. The molecule has 116 valence electrons. The minimum atomic E-state index is -0.298. The largest absolute Gasteiger partial charge is 0.450 e. The van der Waals surface area contributed by atoms with Crippen LogP contribution in [-0.2, 0) is 0 Å². The predicted octanol–water partition coefficient (Wildman–Crippen LogP) is 4.50. The molecule has 0 unspecified atom stereocenters. The summed E-state index contributed by atoms with van der Waals surface area (Å²) in [5.41, 5.74) is 3.79.